The third-order valence-corrected chi connectivity index (χ3v) is 3.87. The number of benzene rings is 1. The maximum Gasteiger partial charge on any atom is 0.0362 e. The van der Waals surface area contributed by atoms with Crippen molar-refractivity contribution >= 4 is 15.9 Å². The molecule has 0 fully saturated rings. The number of aromatic nitrogens is 1. The second-order valence-electron chi connectivity index (χ2n) is 4.60. The normalized spacial score (nSPS) is 12.4. The number of nitrogens with one attached hydrogen (secondary N) is 1. The number of nitrogens with zero attached hydrogens (tertiary/aromatic N) is 1. The Balaban J connectivity index is 2.25. The second kappa shape index (κ2) is 6.83. The molecular weight excluding hydrogens is 300 g/mol. The van der Waals surface area contributed by atoms with Crippen LogP contribution in [0.5, 0.6) is 0 Å². The van der Waals surface area contributed by atoms with E-state index in [1.807, 2.05) is 19.4 Å². The molecule has 0 aliphatic rings. The van der Waals surface area contributed by atoms with Gasteiger partial charge in [-0.1, -0.05) is 35.0 Å². The van der Waals surface area contributed by atoms with E-state index in [9.17, 15) is 0 Å². The fourth-order valence-corrected chi connectivity index (χ4v) is 2.79. The van der Waals surface area contributed by atoms with Gasteiger partial charge in [0.2, 0.25) is 0 Å². The summed E-state index contributed by atoms with van der Waals surface area (Å²) in [6.45, 7) is 2.17. The van der Waals surface area contributed by atoms with E-state index < -0.39 is 0 Å². The highest BCUT2D eigenvalue weighted by Crippen LogP contribution is 2.23. The first-order valence-corrected chi connectivity index (χ1v) is 7.38. The maximum atomic E-state index is 4.22. The molecule has 1 unspecified atom stereocenters. The third-order valence-electron chi connectivity index (χ3n) is 3.37. The highest BCUT2D eigenvalue weighted by molar-refractivity contribution is 9.10. The van der Waals surface area contributed by atoms with Crippen LogP contribution in [0, 0.1) is 0 Å². The molecular formula is C16H19BrN2. The molecule has 100 valence electrons. The summed E-state index contributed by atoms with van der Waals surface area (Å²) in [7, 11) is 2.02. The minimum atomic E-state index is 0.326. The van der Waals surface area contributed by atoms with Gasteiger partial charge in [-0.15, -0.1) is 0 Å². The van der Waals surface area contributed by atoms with Crippen LogP contribution in [-0.2, 0) is 12.8 Å². The van der Waals surface area contributed by atoms with E-state index >= 15 is 0 Å². The van der Waals surface area contributed by atoms with Crippen LogP contribution in [-0.4, -0.2) is 12.0 Å². The lowest BCUT2D eigenvalue weighted by Crippen LogP contribution is -2.20. The van der Waals surface area contributed by atoms with Crippen molar-refractivity contribution < 1.29 is 0 Å². The lowest BCUT2D eigenvalue weighted by Gasteiger charge is -2.19. The van der Waals surface area contributed by atoms with Gasteiger partial charge in [0.15, 0.2) is 0 Å². The van der Waals surface area contributed by atoms with Crippen LogP contribution in [0.25, 0.3) is 0 Å². The maximum absolute atomic E-state index is 4.22. The van der Waals surface area contributed by atoms with Gasteiger partial charge < -0.3 is 5.32 Å². The zero-order valence-corrected chi connectivity index (χ0v) is 12.9. The van der Waals surface area contributed by atoms with E-state index in [0.717, 1.165) is 17.3 Å². The monoisotopic (exact) mass is 318 g/mol. The van der Waals surface area contributed by atoms with Crippen molar-refractivity contribution in [3.8, 4) is 0 Å². The van der Waals surface area contributed by atoms with E-state index in [1.165, 1.54) is 16.7 Å². The minimum absolute atomic E-state index is 0.326. The molecule has 1 aromatic carbocycles. The number of hydrogen-bond acceptors (Lipinski definition) is 2. The Hall–Kier alpha value is -1.19. The van der Waals surface area contributed by atoms with Gasteiger partial charge in [-0.3, -0.25) is 4.98 Å². The molecule has 1 atom stereocenters. The zero-order valence-electron chi connectivity index (χ0n) is 11.4. The minimum Gasteiger partial charge on any atom is -0.313 e. The molecule has 2 rings (SSSR count). The smallest absolute Gasteiger partial charge is 0.0362 e. The van der Waals surface area contributed by atoms with Crippen molar-refractivity contribution in [2.24, 2.45) is 0 Å². The average Bonchev–Trinajstić information content (AvgIpc) is 2.45. The molecule has 0 amide bonds. The Morgan fingerprint density at radius 1 is 1.32 bits per heavy atom. The largest absolute Gasteiger partial charge is 0.313 e. The van der Waals surface area contributed by atoms with Crippen LogP contribution in [0.4, 0.5) is 0 Å². The van der Waals surface area contributed by atoms with Crippen molar-refractivity contribution in [1.29, 1.82) is 0 Å². The van der Waals surface area contributed by atoms with E-state index in [4.69, 9.17) is 0 Å². The van der Waals surface area contributed by atoms with Crippen molar-refractivity contribution in [2.75, 3.05) is 7.05 Å². The molecule has 1 aromatic heterocycles. The molecule has 2 nitrogen and oxygen atoms in total. The summed E-state index contributed by atoms with van der Waals surface area (Å²) in [4.78, 5) is 4.22. The molecule has 0 aliphatic heterocycles. The molecule has 1 heterocycles. The van der Waals surface area contributed by atoms with Crippen LogP contribution < -0.4 is 5.32 Å². The van der Waals surface area contributed by atoms with Crippen molar-refractivity contribution in [3.05, 3.63) is 63.9 Å². The van der Waals surface area contributed by atoms with Gasteiger partial charge in [-0.2, -0.15) is 0 Å². The summed E-state index contributed by atoms with van der Waals surface area (Å²) in [5, 5.41) is 3.42. The first-order valence-electron chi connectivity index (χ1n) is 6.59. The van der Waals surface area contributed by atoms with Crippen LogP contribution in [0.15, 0.2) is 47.2 Å². The number of rotatable bonds is 5. The average molecular weight is 319 g/mol. The molecule has 0 radical (unpaired) electrons. The van der Waals surface area contributed by atoms with Crippen molar-refractivity contribution in [1.82, 2.24) is 10.3 Å². The highest BCUT2D eigenvalue weighted by Gasteiger charge is 2.13. The molecule has 19 heavy (non-hydrogen) atoms. The van der Waals surface area contributed by atoms with Crippen LogP contribution in [0.3, 0.4) is 0 Å². The number of halogens is 1. The standard InChI is InChI=1S/C16H19BrN2/c1-3-13-11-19-8-7-15(13)16(18-2)10-12-5-4-6-14(17)9-12/h4-9,11,16,18H,3,10H2,1-2H3. The van der Waals surface area contributed by atoms with Crippen LogP contribution >= 0.6 is 15.9 Å². The molecule has 0 saturated carbocycles. The molecule has 2 aromatic rings. The van der Waals surface area contributed by atoms with E-state index in [1.54, 1.807) is 0 Å². The number of likely N-dealkylation sites (N-methyl/N-ethyl adjacent to an activating group) is 1. The van der Waals surface area contributed by atoms with Crippen molar-refractivity contribution in [2.45, 2.75) is 25.8 Å². The first-order chi connectivity index (χ1) is 9.24. The first kappa shape index (κ1) is 14.2. The summed E-state index contributed by atoms with van der Waals surface area (Å²) in [6, 6.07) is 10.9. The fraction of sp³-hybridized carbons (Fsp3) is 0.312. The van der Waals surface area contributed by atoms with Gasteiger partial charge in [0.25, 0.3) is 0 Å². The topological polar surface area (TPSA) is 24.9 Å². The second-order valence-corrected chi connectivity index (χ2v) is 5.52. The highest BCUT2D eigenvalue weighted by atomic mass is 79.9. The lowest BCUT2D eigenvalue weighted by atomic mass is 9.95. The Bertz CT molecular complexity index is 540. The van der Waals surface area contributed by atoms with Crippen molar-refractivity contribution in [3.63, 3.8) is 0 Å². The molecule has 3 heteroatoms. The predicted octanol–water partition coefficient (Wildman–Crippen LogP) is 3.91. The summed E-state index contributed by atoms with van der Waals surface area (Å²) in [6.07, 6.45) is 5.84. The molecule has 0 aliphatic carbocycles. The van der Waals surface area contributed by atoms with E-state index in [2.05, 4.69) is 63.5 Å². The molecule has 1 N–H and O–H groups in total. The van der Waals surface area contributed by atoms with Gasteiger partial charge in [-0.25, -0.2) is 0 Å². The Kier molecular flexibility index (Phi) is 5.11. The lowest BCUT2D eigenvalue weighted by molar-refractivity contribution is 0.585. The number of pyridine rings is 1. The van der Waals surface area contributed by atoms with E-state index in [-0.39, 0.29) is 0 Å². The van der Waals surface area contributed by atoms with Gasteiger partial charge in [-0.05, 0) is 54.8 Å². The Labute approximate surface area is 123 Å². The fourth-order valence-electron chi connectivity index (χ4n) is 2.34. The molecule has 0 bridgehead atoms. The predicted molar refractivity (Wildman–Crippen MR) is 83.3 cm³/mol. The Morgan fingerprint density at radius 3 is 2.84 bits per heavy atom. The third kappa shape index (κ3) is 3.64. The van der Waals surface area contributed by atoms with Gasteiger partial charge in [0, 0.05) is 22.9 Å². The zero-order chi connectivity index (χ0) is 13.7. The van der Waals surface area contributed by atoms with Crippen LogP contribution in [0.2, 0.25) is 0 Å². The SMILES string of the molecule is CCc1cnccc1C(Cc1cccc(Br)c1)NC. The number of aryl methyl sites for hydroxylation is 1. The quantitative estimate of drug-likeness (QED) is 0.904. The summed E-state index contributed by atoms with van der Waals surface area (Å²) in [5.74, 6) is 0. The van der Waals surface area contributed by atoms with Gasteiger partial charge in [0.05, 0.1) is 0 Å². The summed E-state index contributed by atoms with van der Waals surface area (Å²) in [5.41, 5.74) is 3.99. The van der Waals surface area contributed by atoms with Gasteiger partial charge in [0.1, 0.15) is 0 Å². The van der Waals surface area contributed by atoms with Gasteiger partial charge >= 0.3 is 0 Å². The molecule has 0 saturated heterocycles. The van der Waals surface area contributed by atoms with E-state index in [0.29, 0.717) is 6.04 Å². The molecule has 0 spiro atoms. The van der Waals surface area contributed by atoms with Crippen LogP contribution in [0.1, 0.15) is 29.7 Å². The summed E-state index contributed by atoms with van der Waals surface area (Å²) >= 11 is 3.53. The Morgan fingerprint density at radius 2 is 2.16 bits per heavy atom. The number of hydrogen-bond donors (Lipinski definition) is 1. The summed E-state index contributed by atoms with van der Waals surface area (Å²) < 4.78 is 1.13.